The second-order valence-electron chi connectivity index (χ2n) is 3.57. The van der Waals surface area contributed by atoms with Crippen molar-refractivity contribution in [2.75, 3.05) is 31.7 Å². The maximum Gasteiger partial charge on any atom is 0.186 e. The number of rotatable bonds is 6. The Morgan fingerprint density at radius 2 is 2.41 bits per heavy atom. The van der Waals surface area contributed by atoms with Gasteiger partial charge in [-0.25, -0.2) is 4.98 Å². The van der Waals surface area contributed by atoms with Gasteiger partial charge in [0.25, 0.3) is 0 Å². The molecule has 2 rings (SSSR count). The number of nitrogens with zero attached hydrogens (tertiary/aromatic N) is 2. The van der Waals surface area contributed by atoms with Crippen LogP contribution in [0.3, 0.4) is 0 Å². The summed E-state index contributed by atoms with van der Waals surface area (Å²) in [4.78, 5) is 6.77. The minimum Gasteiger partial charge on any atom is -0.463 e. The molecule has 0 saturated heterocycles. The van der Waals surface area contributed by atoms with Crippen LogP contribution in [0.4, 0.5) is 5.13 Å². The van der Waals surface area contributed by atoms with Gasteiger partial charge in [0.1, 0.15) is 5.69 Å². The third-order valence-corrected chi connectivity index (χ3v) is 3.38. The second kappa shape index (κ2) is 5.84. The molecule has 5 heteroatoms. The van der Waals surface area contributed by atoms with Crippen molar-refractivity contribution in [1.29, 1.82) is 0 Å². The predicted octanol–water partition coefficient (Wildman–Crippen LogP) is 2.88. The quantitative estimate of drug-likeness (QED) is 0.792. The molecule has 0 N–H and O–H groups in total. The number of furan rings is 1. The fraction of sp³-hybridized carbons (Fsp3) is 0.417. The van der Waals surface area contributed by atoms with Crippen molar-refractivity contribution in [3.05, 3.63) is 23.8 Å². The number of ether oxygens (including phenoxy) is 1. The Bertz CT molecular complexity index is 439. The zero-order valence-corrected chi connectivity index (χ0v) is 10.9. The van der Waals surface area contributed by atoms with Crippen LogP contribution in [0.15, 0.2) is 28.2 Å². The van der Waals surface area contributed by atoms with Crippen molar-refractivity contribution in [1.82, 2.24) is 4.98 Å². The van der Waals surface area contributed by atoms with E-state index in [0.29, 0.717) is 6.61 Å². The van der Waals surface area contributed by atoms with E-state index in [2.05, 4.69) is 16.8 Å². The van der Waals surface area contributed by atoms with Crippen LogP contribution in [0, 0.1) is 0 Å². The van der Waals surface area contributed by atoms with E-state index in [1.807, 2.05) is 17.5 Å². The van der Waals surface area contributed by atoms with Gasteiger partial charge in [-0.1, -0.05) is 0 Å². The van der Waals surface area contributed by atoms with Crippen LogP contribution < -0.4 is 4.90 Å². The van der Waals surface area contributed by atoms with Crippen LogP contribution in [-0.4, -0.2) is 31.8 Å². The van der Waals surface area contributed by atoms with E-state index in [4.69, 9.17) is 9.15 Å². The van der Waals surface area contributed by atoms with E-state index in [-0.39, 0.29) is 0 Å². The molecule has 0 saturated carbocycles. The zero-order valence-electron chi connectivity index (χ0n) is 10.0. The third kappa shape index (κ3) is 2.87. The molecule has 0 aliphatic carbocycles. The van der Waals surface area contributed by atoms with E-state index >= 15 is 0 Å². The molecule has 0 aromatic carbocycles. The molecular formula is C12H16N2O2S. The number of methoxy groups -OCH3 is 1. The van der Waals surface area contributed by atoms with Crippen molar-refractivity contribution in [3.63, 3.8) is 0 Å². The summed E-state index contributed by atoms with van der Waals surface area (Å²) in [7, 11) is 1.71. The highest BCUT2D eigenvalue weighted by molar-refractivity contribution is 7.14. The molecule has 0 aliphatic heterocycles. The van der Waals surface area contributed by atoms with Crippen molar-refractivity contribution in [2.45, 2.75) is 6.92 Å². The Morgan fingerprint density at radius 3 is 3.06 bits per heavy atom. The fourth-order valence-corrected chi connectivity index (χ4v) is 2.44. The molecule has 0 spiro atoms. The Labute approximate surface area is 105 Å². The molecule has 92 valence electrons. The topological polar surface area (TPSA) is 38.5 Å². The molecule has 2 heterocycles. The summed E-state index contributed by atoms with van der Waals surface area (Å²) in [6.07, 6.45) is 1.66. The van der Waals surface area contributed by atoms with Crippen LogP contribution in [0.5, 0.6) is 0 Å². The first-order chi connectivity index (χ1) is 8.35. The molecule has 2 aromatic heterocycles. The summed E-state index contributed by atoms with van der Waals surface area (Å²) in [6, 6.07) is 3.79. The Balaban J connectivity index is 2.11. The van der Waals surface area contributed by atoms with Gasteiger partial charge >= 0.3 is 0 Å². The number of likely N-dealkylation sites (N-methyl/N-ethyl adjacent to an activating group) is 1. The van der Waals surface area contributed by atoms with Gasteiger partial charge < -0.3 is 14.1 Å². The SMILES string of the molecule is CCN(CCOC)c1nc(-c2ccco2)cs1. The van der Waals surface area contributed by atoms with Gasteiger partial charge in [-0.15, -0.1) is 11.3 Å². The molecular weight excluding hydrogens is 236 g/mol. The summed E-state index contributed by atoms with van der Waals surface area (Å²) < 4.78 is 10.4. The molecule has 0 atom stereocenters. The van der Waals surface area contributed by atoms with Crippen molar-refractivity contribution >= 4 is 16.5 Å². The number of aromatic nitrogens is 1. The molecule has 0 unspecified atom stereocenters. The number of anilines is 1. The smallest absolute Gasteiger partial charge is 0.186 e. The van der Waals surface area contributed by atoms with E-state index in [9.17, 15) is 0 Å². The van der Waals surface area contributed by atoms with E-state index in [0.717, 1.165) is 29.7 Å². The highest BCUT2D eigenvalue weighted by Crippen LogP contribution is 2.27. The van der Waals surface area contributed by atoms with Gasteiger partial charge in [0, 0.05) is 25.6 Å². The molecule has 0 fully saturated rings. The lowest BCUT2D eigenvalue weighted by Crippen LogP contribution is -2.26. The van der Waals surface area contributed by atoms with Crippen LogP contribution in [0.2, 0.25) is 0 Å². The first-order valence-corrected chi connectivity index (χ1v) is 6.46. The van der Waals surface area contributed by atoms with E-state index in [1.165, 1.54) is 0 Å². The average molecular weight is 252 g/mol. The largest absolute Gasteiger partial charge is 0.463 e. The van der Waals surface area contributed by atoms with Gasteiger partial charge in [-0.05, 0) is 19.1 Å². The Morgan fingerprint density at radius 1 is 1.53 bits per heavy atom. The minimum atomic E-state index is 0.712. The van der Waals surface area contributed by atoms with Crippen molar-refractivity contribution < 1.29 is 9.15 Å². The van der Waals surface area contributed by atoms with Gasteiger partial charge in [0.15, 0.2) is 10.9 Å². The van der Waals surface area contributed by atoms with Gasteiger partial charge in [-0.2, -0.15) is 0 Å². The fourth-order valence-electron chi connectivity index (χ4n) is 1.54. The van der Waals surface area contributed by atoms with Crippen LogP contribution in [0.1, 0.15) is 6.92 Å². The van der Waals surface area contributed by atoms with E-state index < -0.39 is 0 Å². The molecule has 0 aliphatic rings. The highest BCUT2D eigenvalue weighted by atomic mass is 32.1. The lowest BCUT2D eigenvalue weighted by Gasteiger charge is -2.18. The van der Waals surface area contributed by atoms with Gasteiger partial charge in [-0.3, -0.25) is 0 Å². The van der Waals surface area contributed by atoms with Crippen LogP contribution in [0.25, 0.3) is 11.5 Å². The maximum absolute atomic E-state index is 5.33. The van der Waals surface area contributed by atoms with Crippen LogP contribution >= 0.6 is 11.3 Å². The highest BCUT2D eigenvalue weighted by Gasteiger charge is 2.11. The molecule has 2 aromatic rings. The van der Waals surface area contributed by atoms with Crippen LogP contribution in [-0.2, 0) is 4.74 Å². The molecule has 0 bridgehead atoms. The zero-order chi connectivity index (χ0) is 12.1. The number of hydrogen-bond acceptors (Lipinski definition) is 5. The lowest BCUT2D eigenvalue weighted by atomic mass is 10.4. The molecule has 0 amide bonds. The first kappa shape index (κ1) is 12.1. The maximum atomic E-state index is 5.33. The van der Waals surface area contributed by atoms with Gasteiger partial charge in [0.2, 0.25) is 0 Å². The third-order valence-electron chi connectivity index (χ3n) is 2.48. The summed E-state index contributed by atoms with van der Waals surface area (Å²) in [6.45, 7) is 4.61. The summed E-state index contributed by atoms with van der Waals surface area (Å²) in [5.41, 5.74) is 0.894. The molecule has 17 heavy (non-hydrogen) atoms. The minimum absolute atomic E-state index is 0.712. The molecule has 0 radical (unpaired) electrons. The average Bonchev–Trinajstić information content (AvgIpc) is 3.00. The standard InChI is InChI=1S/C12H16N2O2S/c1-3-14(6-8-15-2)12-13-10(9-17-12)11-5-4-7-16-11/h4-5,7,9H,3,6,8H2,1-2H3. The number of hydrogen-bond donors (Lipinski definition) is 0. The van der Waals surface area contributed by atoms with E-state index in [1.54, 1.807) is 24.7 Å². The Hall–Kier alpha value is -1.33. The summed E-state index contributed by atoms with van der Waals surface area (Å²) in [5, 5.41) is 3.03. The normalized spacial score (nSPS) is 10.7. The van der Waals surface area contributed by atoms with Crippen molar-refractivity contribution in [2.24, 2.45) is 0 Å². The summed E-state index contributed by atoms with van der Waals surface area (Å²) >= 11 is 1.63. The van der Waals surface area contributed by atoms with Crippen molar-refractivity contribution in [3.8, 4) is 11.5 Å². The molecule has 4 nitrogen and oxygen atoms in total. The predicted molar refractivity (Wildman–Crippen MR) is 69.6 cm³/mol. The number of thiazole rings is 1. The lowest BCUT2D eigenvalue weighted by molar-refractivity contribution is 0.205. The second-order valence-corrected chi connectivity index (χ2v) is 4.40. The van der Waals surface area contributed by atoms with Gasteiger partial charge in [0.05, 0.1) is 12.9 Å². The monoisotopic (exact) mass is 252 g/mol. The first-order valence-electron chi connectivity index (χ1n) is 5.58. The summed E-state index contributed by atoms with van der Waals surface area (Å²) in [5.74, 6) is 0.815. The Kier molecular flexibility index (Phi) is 4.17.